The van der Waals surface area contributed by atoms with Crippen molar-refractivity contribution in [2.75, 3.05) is 0 Å². The molecule has 0 rings (SSSR count). The average molecular weight is 198 g/mol. The molecule has 0 unspecified atom stereocenters. The van der Waals surface area contributed by atoms with Gasteiger partial charge in [0.05, 0.1) is 6.26 Å². The fraction of sp³-hybridized carbons (Fsp3) is 0.417. The first-order valence-electron chi connectivity index (χ1n) is 4.58. The highest BCUT2D eigenvalue weighted by Gasteiger charge is 1.79. The molecule has 0 bridgehead atoms. The van der Waals surface area contributed by atoms with Crippen molar-refractivity contribution in [3.63, 3.8) is 0 Å². The van der Waals surface area contributed by atoms with Crippen molar-refractivity contribution in [3.05, 3.63) is 38.2 Å². The van der Waals surface area contributed by atoms with Crippen LogP contribution in [0.15, 0.2) is 38.2 Å². The molecule has 0 aliphatic rings. The number of hydrogen-bond donors (Lipinski definition) is 0. The fourth-order valence-corrected chi connectivity index (χ4v) is 0.451. The van der Waals surface area contributed by atoms with Gasteiger partial charge in [-0.1, -0.05) is 32.1 Å². The Hall–Kier alpha value is -1.31. The quantitative estimate of drug-likeness (QED) is 0.391. The van der Waals surface area contributed by atoms with Gasteiger partial charge in [-0.2, -0.15) is 0 Å². The second kappa shape index (κ2) is 22.6. The molecule has 0 aromatic rings. The number of allylic oxidation sites excluding steroid dienone is 2. The van der Waals surface area contributed by atoms with Gasteiger partial charge in [-0.05, 0) is 13.3 Å². The fourth-order valence-electron chi connectivity index (χ4n) is 0.451. The van der Waals surface area contributed by atoms with Crippen molar-refractivity contribution in [3.8, 4) is 0 Å². The summed E-state index contributed by atoms with van der Waals surface area (Å²) in [7, 11) is 0. The second-order valence-electron chi connectivity index (χ2n) is 2.13. The molecule has 2 nitrogen and oxygen atoms in total. The predicted octanol–water partition coefficient (Wildman–Crippen LogP) is 3.86. The molecule has 0 aliphatic heterocycles. The van der Waals surface area contributed by atoms with E-state index in [-0.39, 0.29) is 5.97 Å². The molecule has 0 saturated carbocycles. The molecule has 0 aliphatic carbocycles. The van der Waals surface area contributed by atoms with E-state index in [4.69, 9.17) is 0 Å². The normalized spacial score (nSPS) is 7.64. The summed E-state index contributed by atoms with van der Waals surface area (Å²) in [6.07, 6.45) is 7.87. The number of hydrogen-bond acceptors (Lipinski definition) is 2. The molecule has 14 heavy (non-hydrogen) atoms. The lowest BCUT2D eigenvalue weighted by Gasteiger charge is -1.83. The Morgan fingerprint density at radius 2 is 1.93 bits per heavy atom. The van der Waals surface area contributed by atoms with Gasteiger partial charge in [0.2, 0.25) is 0 Å². The monoisotopic (exact) mass is 198 g/mol. The molecule has 0 saturated heterocycles. The molecular formula is C12H22O2. The first-order valence-corrected chi connectivity index (χ1v) is 4.58. The molecule has 0 aromatic heterocycles. The van der Waals surface area contributed by atoms with Crippen LogP contribution in [-0.4, -0.2) is 5.97 Å². The van der Waals surface area contributed by atoms with Gasteiger partial charge >= 0.3 is 5.97 Å². The predicted molar refractivity (Wildman–Crippen MR) is 62.9 cm³/mol. The zero-order valence-corrected chi connectivity index (χ0v) is 9.58. The maximum absolute atomic E-state index is 9.75. The molecule has 0 N–H and O–H groups in total. The van der Waals surface area contributed by atoms with Gasteiger partial charge in [0.25, 0.3) is 0 Å². The Kier molecular flexibility index (Phi) is 29.8. The first kappa shape index (κ1) is 18.5. The maximum atomic E-state index is 9.75. The summed E-state index contributed by atoms with van der Waals surface area (Å²) in [5.74, 6) is -0.329. The minimum absolute atomic E-state index is 0.329. The minimum Gasteiger partial charge on any atom is -0.435 e. The molecule has 0 spiro atoms. The van der Waals surface area contributed by atoms with Crippen LogP contribution in [0.2, 0.25) is 0 Å². The van der Waals surface area contributed by atoms with E-state index < -0.39 is 0 Å². The summed E-state index contributed by atoms with van der Waals surface area (Å²) in [5, 5.41) is 0. The van der Waals surface area contributed by atoms with Gasteiger partial charge in [0, 0.05) is 6.92 Å². The van der Waals surface area contributed by atoms with Crippen molar-refractivity contribution < 1.29 is 9.53 Å². The summed E-state index contributed by atoms with van der Waals surface area (Å²) < 4.78 is 4.17. The zero-order chi connectivity index (χ0) is 11.8. The van der Waals surface area contributed by atoms with E-state index >= 15 is 0 Å². The minimum atomic E-state index is -0.329. The molecular weight excluding hydrogens is 176 g/mol. The van der Waals surface area contributed by atoms with E-state index in [9.17, 15) is 4.79 Å². The van der Waals surface area contributed by atoms with Crippen LogP contribution in [0.1, 0.15) is 33.6 Å². The van der Waals surface area contributed by atoms with Gasteiger partial charge < -0.3 is 4.74 Å². The molecule has 2 heteroatoms. The SMILES string of the molecule is C=C.C=COC(C)=O.CC=CCCC. The molecule has 0 atom stereocenters. The third kappa shape index (κ3) is 45.6. The van der Waals surface area contributed by atoms with Crippen molar-refractivity contribution in [1.29, 1.82) is 0 Å². The Morgan fingerprint density at radius 3 is 2.00 bits per heavy atom. The van der Waals surface area contributed by atoms with E-state index in [1.807, 2.05) is 0 Å². The highest BCUT2D eigenvalue weighted by molar-refractivity contribution is 5.66. The lowest BCUT2D eigenvalue weighted by Crippen LogP contribution is -1.87. The van der Waals surface area contributed by atoms with Crippen LogP contribution in [0.25, 0.3) is 0 Å². The van der Waals surface area contributed by atoms with Crippen molar-refractivity contribution in [2.24, 2.45) is 0 Å². The number of rotatable bonds is 3. The van der Waals surface area contributed by atoms with Gasteiger partial charge in [0.1, 0.15) is 0 Å². The van der Waals surface area contributed by atoms with Crippen molar-refractivity contribution >= 4 is 5.97 Å². The smallest absolute Gasteiger partial charge is 0.307 e. The summed E-state index contributed by atoms with van der Waals surface area (Å²) in [4.78, 5) is 9.75. The molecule has 0 aromatic carbocycles. The van der Waals surface area contributed by atoms with Crippen LogP contribution in [-0.2, 0) is 9.53 Å². The lowest BCUT2D eigenvalue weighted by atomic mass is 10.3. The largest absolute Gasteiger partial charge is 0.435 e. The number of esters is 1. The van der Waals surface area contributed by atoms with E-state index in [0.29, 0.717) is 0 Å². The highest BCUT2D eigenvalue weighted by Crippen LogP contribution is 1.85. The molecule has 0 heterocycles. The number of unbranched alkanes of at least 4 members (excludes halogenated alkanes) is 1. The topological polar surface area (TPSA) is 26.3 Å². The summed E-state index contributed by atoms with van der Waals surface area (Å²) in [6.45, 7) is 14.7. The van der Waals surface area contributed by atoms with Gasteiger partial charge in [0.15, 0.2) is 0 Å². The van der Waals surface area contributed by atoms with Crippen molar-refractivity contribution in [1.82, 2.24) is 0 Å². The van der Waals surface area contributed by atoms with Crippen LogP contribution in [0.5, 0.6) is 0 Å². The van der Waals surface area contributed by atoms with E-state index in [2.05, 4.69) is 50.5 Å². The Morgan fingerprint density at radius 1 is 1.43 bits per heavy atom. The van der Waals surface area contributed by atoms with E-state index in [1.54, 1.807) is 0 Å². The van der Waals surface area contributed by atoms with Gasteiger partial charge in [-0.15, -0.1) is 13.2 Å². The van der Waals surface area contributed by atoms with E-state index in [0.717, 1.165) is 6.26 Å². The summed E-state index contributed by atoms with van der Waals surface area (Å²) in [6, 6.07) is 0. The molecule has 0 fully saturated rings. The molecule has 0 amide bonds. The van der Waals surface area contributed by atoms with Crippen LogP contribution in [0, 0.1) is 0 Å². The third-order valence-corrected chi connectivity index (χ3v) is 0.940. The zero-order valence-electron chi connectivity index (χ0n) is 9.58. The highest BCUT2D eigenvalue weighted by atomic mass is 16.5. The van der Waals surface area contributed by atoms with Crippen LogP contribution < -0.4 is 0 Å². The Bertz CT molecular complexity index is 148. The standard InChI is InChI=1S/C6H12.C4H6O2.C2H4/c1-3-5-6-4-2;1-3-6-4(2)5;1-2/h3,5H,4,6H2,1-2H3;3H,1H2,2H3;1-2H2. The molecule has 0 radical (unpaired) electrons. The average Bonchev–Trinajstić information content (AvgIpc) is 2.18. The van der Waals surface area contributed by atoms with Gasteiger partial charge in [-0.25, -0.2) is 0 Å². The van der Waals surface area contributed by atoms with Crippen molar-refractivity contribution in [2.45, 2.75) is 33.6 Å². The third-order valence-electron chi connectivity index (χ3n) is 0.940. The van der Waals surface area contributed by atoms with Crippen LogP contribution >= 0.6 is 0 Å². The first-order chi connectivity index (χ1) is 6.68. The number of carbonyl (C=O) groups excluding carboxylic acids is 1. The number of carbonyl (C=O) groups is 1. The van der Waals surface area contributed by atoms with Gasteiger partial charge in [-0.3, -0.25) is 4.79 Å². The van der Waals surface area contributed by atoms with E-state index in [1.165, 1.54) is 19.8 Å². The number of ether oxygens (including phenoxy) is 1. The Balaban J connectivity index is -0.000000147. The summed E-state index contributed by atoms with van der Waals surface area (Å²) >= 11 is 0. The molecule has 82 valence electrons. The summed E-state index contributed by atoms with van der Waals surface area (Å²) in [5.41, 5.74) is 0. The van der Waals surface area contributed by atoms with Crippen LogP contribution in [0.3, 0.4) is 0 Å². The maximum Gasteiger partial charge on any atom is 0.307 e. The Labute approximate surface area is 88.0 Å². The second-order valence-corrected chi connectivity index (χ2v) is 2.13. The van der Waals surface area contributed by atoms with Crippen LogP contribution in [0.4, 0.5) is 0 Å². The lowest BCUT2D eigenvalue weighted by molar-refractivity contribution is -0.135.